The zero-order valence-electron chi connectivity index (χ0n) is 12.1. The second-order valence-electron chi connectivity index (χ2n) is 4.62. The smallest absolute Gasteiger partial charge is 0.330 e. The van der Waals surface area contributed by atoms with Gasteiger partial charge in [0.1, 0.15) is 12.4 Å². The van der Waals surface area contributed by atoms with E-state index in [1.165, 1.54) is 0 Å². The summed E-state index contributed by atoms with van der Waals surface area (Å²) in [5.41, 5.74) is 1.97. The molecule has 0 aliphatic carbocycles. The third kappa shape index (κ3) is 4.20. The number of para-hydroxylation sites is 1. The quantitative estimate of drug-likeness (QED) is 0.631. The number of carbonyl (C=O) groups excluding carboxylic acids is 1. The summed E-state index contributed by atoms with van der Waals surface area (Å²) in [5, 5.41) is 9.24. The van der Waals surface area contributed by atoms with Gasteiger partial charge in [0.2, 0.25) is 0 Å². The van der Waals surface area contributed by atoms with Gasteiger partial charge < -0.3 is 14.6 Å². The maximum Gasteiger partial charge on any atom is 0.330 e. The van der Waals surface area contributed by atoms with E-state index in [2.05, 4.69) is 6.58 Å². The molecule has 114 valence electrons. The molecule has 0 bridgehead atoms. The molecule has 1 N–H and O–H groups in total. The maximum absolute atomic E-state index is 11.2. The first-order valence-corrected chi connectivity index (χ1v) is 6.95. The van der Waals surface area contributed by atoms with Crippen molar-refractivity contribution in [3.05, 3.63) is 67.3 Å². The molecule has 0 saturated heterocycles. The number of rotatable bonds is 7. The molecule has 1 atom stereocenters. The topological polar surface area (TPSA) is 55.8 Å². The van der Waals surface area contributed by atoms with E-state index in [-0.39, 0.29) is 13.2 Å². The molecule has 4 nitrogen and oxygen atoms in total. The summed E-state index contributed by atoms with van der Waals surface area (Å²) in [6, 6.07) is 17.4. The molecule has 0 saturated carbocycles. The molecule has 0 spiro atoms. The van der Waals surface area contributed by atoms with Gasteiger partial charge in [0.05, 0.1) is 6.61 Å². The van der Waals surface area contributed by atoms with Crippen LogP contribution in [0.2, 0.25) is 0 Å². The highest BCUT2D eigenvalue weighted by Crippen LogP contribution is 2.29. The van der Waals surface area contributed by atoms with E-state index in [1.54, 1.807) is 0 Å². The molecular formula is C18H18O4. The first-order chi connectivity index (χ1) is 10.7. The Balaban J connectivity index is 2.10. The van der Waals surface area contributed by atoms with Gasteiger partial charge in [-0.1, -0.05) is 55.1 Å². The number of hydrogen-bond acceptors (Lipinski definition) is 4. The second-order valence-corrected chi connectivity index (χ2v) is 4.62. The average molecular weight is 298 g/mol. The number of esters is 1. The third-order valence-electron chi connectivity index (χ3n) is 3.05. The summed E-state index contributed by atoms with van der Waals surface area (Å²) in [6.07, 6.45) is 0.329. The zero-order chi connectivity index (χ0) is 15.8. The van der Waals surface area contributed by atoms with Crippen molar-refractivity contribution in [1.82, 2.24) is 0 Å². The van der Waals surface area contributed by atoms with Crippen LogP contribution in [0.15, 0.2) is 67.3 Å². The zero-order valence-corrected chi connectivity index (χ0v) is 12.1. The van der Waals surface area contributed by atoms with Crippen molar-refractivity contribution in [2.24, 2.45) is 0 Å². The highest BCUT2D eigenvalue weighted by atomic mass is 16.6. The van der Waals surface area contributed by atoms with E-state index in [1.807, 2.05) is 54.6 Å². The number of aliphatic hydroxyl groups is 1. The normalized spacial score (nSPS) is 11.5. The fraction of sp³-hybridized carbons (Fsp3) is 0.167. The minimum atomic E-state index is -0.727. The Labute approximate surface area is 129 Å². The molecule has 0 radical (unpaired) electrons. The predicted octanol–water partition coefficient (Wildman–Crippen LogP) is 2.82. The molecular weight excluding hydrogens is 280 g/mol. The van der Waals surface area contributed by atoms with Crippen LogP contribution in [0.25, 0.3) is 11.1 Å². The Morgan fingerprint density at radius 2 is 1.82 bits per heavy atom. The van der Waals surface area contributed by atoms with Crippen LogP contribution in [0, 0.1) is 0 Å². The SMILES string of the molecule is C=CC(=O)OC(CO)COc1ccccc1-c1ccccc1. The van der Waals surface area contributed by atoms with E-state index >= 15 is 0 Å². The van der Waals surface area contributed by atoms with Crippen molar-refractivity contribution in [2.75, 3.05) is 13.2 Å². The third-order valence-corrected chi connectivity index (χ3v) is 3.05. The van der Waals surface area contributed by atoms with Gasteiger partial charge in [0.25, 0.3) is 0 Å². The fourth-order valence-electron chi connectivity index (χ4n) is 1.97. The minimum Gasteiger partial charge on any atom is -0.489 e. The molecule has 0 aromatic heterocycles. The van der Waals surface area contributed by atoms with Crippen LogP contribution in [0.3, 0.4) is 0 Å². The Kier molecular flexibility index (Phi) is 5.74. The molecule has 1 unspecified atom stereocenters. The van der Waals surface area contributed by atoms with Crippen molar-refractivity contribution in [2.45, 2.75) is 6.10 Å². The van der Waals surface area contributed by atoms with Crippen LogP contribution in [0.4, 0.5) is 0 Å². The van der Waals surface area contributed by atoms with Gasteiger partial charge >= 0.3 is 5.97 Å². The molecule has 2 rings (SSSR count). The van der Waals surface area contributed by atoms with E-state index in [0.717, 1.165) is 17.2 Å². The lowest BCUT2D eigenvalue weighted by molar-refractivity contribution is -0.146. The van der Waals surface area contributed by atoms with Gasteiger partial charge in [-0.3, -0.25) is 0 Å². The van der Waals surface area contributed by atoms with Gasteiger partial charge in [0.15, 0.2) is 6.10 Å². The second kappa shape index (κ2) is 8.00. The Hall–Kier alpha value is -2.59. The minimum absolute atomic E-state index is 0.0694. The van der Waals surface area contributed by atoms with Crippen LogP contribution in [-0.4, -0.2) is 30.4 Å². The highest BCUT2D eigenvalue weighted by Gasteiger charge is 2.14. The van der Waals surface area contributed by atoms with Gasteiger partial charge in [-0.05, 0) is 11.6 Å². The summed E-state index contributed by atoms with van der Waals surface area (Å²) in [4.78, 5) is 11.2. The first kappa shape index (κ1) is 15.8. The van der Waals surface area contributed by atoms with Crippen LogP contribution in [0.1, 0.15) is 0 Å². The number of hydrogen-bond donors (Lipinski definition) is 1. The highest BCUT2D eigenvalue weighted by molar-refractivity contribution is 5.81. The van der Waals surface area contributed by atoms with Gasteiger partial charge in [-0.15, -0.1) is 0 Å². The fourth-order valence-corrected chi connectivity index (χ4v) is 1.97. The Morgan fingerprint density at radius 3 is 2.50 bits per heavy atom. The molecule has 0 fully saturated rings. The van der Waals surface area contributed by atoms with Crippen LogP contribution < -0.4 is 4.74 Å². The van der Waals surface area contributed by atoms with Gasteiger partial charge in [0, 0.05) is 11.6 Å². The van der Waals surface area contributed by atoms with Crippen molar-refractivity contribution in [3.63, 3.8) is 0 Å². The molecule has 0 amide bonds. The summed E-state index contributed by atoms with van der Waals surface area (Å²) < 4.78 is 10.7. The Morgan fingerprint density at radius 1 is 1.14 bits per heavy atom. The maximum atomic E-state index is 11.2. The number of benzene rings is 2. The van der Waals surface area contributed by atoms with Crippen molar-refractivity contribution < 1.29 is 19.4 Å². The van der Waals surface area contributed by atoms with Crippen molar-refractivity contribution >= 4 is 5.97 Å². The van der Waals surface area contributed by atoms with Crippen molar-refractivity contribution in [1.29, 1.82) is 0 Å². The summed E-state index contributed by atoms with van der Waals surface area (Å²) in [6.45, 7) is 3.08. The first-order valence-electron chi connectivity index (χ1n) is 6.95. The number of ether oxygens (including phenoxy) is 2. The average Bonchev–Trinajstić information content (AvgIpc) is 2.59. The molecule has 0 heterocycles. The number of aliphatic hydroxyl groups excluding tert-OH is 1. The lowest BCUT2D eigenvalue weighted by Gasteiger charge is -2.17. The standard InChI is InChI=1S/C18H18O4/c1-2-18(20)22-15(12-19)13-21-17-11-7-6-10-16(17)14-8-4-3-5-9-14/h2-11,15,19H,1,12-13H2. The lowest BCUT2D eigenvalue weighted by atomic mass is 10.1. The van der Waals surface area contributed by atoms with E-state index < -0.39 is 12.1 Å². The van der Waals surface area contributed by atoms with Crippen molar-refractivity contribution in [3.8, 4) is 16.9 Å². The summed E-state index contributed by atoms with van der Waals surface area (Å²) in [5.74, 6) is 0.0841. The lowest BCUT2D eigenvalue weighted by Crippen LogP contribution is -2.27. The predicted molar refractivity (Wildman–Crippen MR) is 84.5 cm³/mol. The van der Waals surface area contributed by atoms with Crippen LogP contribution in [-0.2, 0) is 9.53 Å². The molecule has 22 heavy (non-hydrogen) atoms. The Bertz CT molecular complexity index is 622. The summed E-state index contributed by atoms with van der Waals surface area (Å²) in [7, 11) is 0. The van der Waals surface area contributed by atoms with E-state index in [0.29, 0.717) is 5.75 Å². The van der Waals surface area contributed by atoms with E-state index in [9.17, 15) is 9.90 Å². The monoisotopic (exact) mass is 298 g/mol. The molecule has 0 aliphatic heterocycles. The molecule has 0 aliphatic rings. The molecule has 4 heteroatoms. The van der Waals surface area contributed by atoms with Crippen LogP contribution in [0.5, 0.6) is 5.75 Å². The van der Waals surface area contributed by atoms with Crippen LogP contribution >= 0.6 is 0 Å². The molecule has 2 aromatic rings. The van der Waals surface area contributed by atoms with Gasteiger partial charge in [-0.25, -0.2) is 4.79 Å². The number of carbonyl (C=O) groups is 1. The van der Waals surface area contributed by atoms with Gasteiger partial charge in [-0.2, -0.15) is 0 Å². The summed E-state index contributed by atoms with van der Waals surface area (Å²) >= 11 is 0. The largest absolute Gasteiger partial charge is 0.489 e. The van der Waals surface area contributed by atoms with E-state index in [4.69, 9.17) is 9.47 Å². The molecule has 2 aromatic carbocycles.